The van der Waals surface area contributed by atoms with E-state index in [1.165, 1.54) is 0 Å². The summed E-state index contributed by atoms with van der Waals surface area (Å²) >= 11 is 0. The largest absolute Gasteiger partial charge is 0.396 e. The molecule has 0 saturated heterocycles. The van der Waals surface area contributed by atoms with Gasteiger partial charge in [0.05, 0.1) is 11.3 Å². The minimum atomic E-state index is -2.87. The summed E-state index contributed by atoms with van der Waals surface area (Å²) in [6.45, 7) is 1.69. The van der Waals surface area contributed by atoms with Crippen molar-refractivity contribution in [2.75, 3.05) is 5.73 Å². The van der Waals surface area contributed by atoms with Crippen molar-refractivity contribution < 1.29 is 13.4 Å². The van der Waals surface area contributed by atoms with Gasteiger partial charge in [-0.25, -0.2) is 28.4 Å². The van der Waals surface area contributed by atoms with E-state index in [9.17, 15) is 8.78 Å². The first-order valence-electron chi connectivity index (χ1n) is 6.42. The monoisotopic (exact) mass is 317 g/mol. The van der Waals surface area contributed by atoms with Crippen LogP contribution in [0.15, 0.2) is 10.8 Å². The van der Waals surface area contributed by atoms with Gasteiger partial charge in [0.25, 0.3) is 6.43 Å². The maximum atomic E-state index is 12.9. The van der Waals surface area contributed by atoms with Gasteiger partial charge in [0.2, 0.25) is 5.65 Å². The van der Waals surface area contributed by atoms with Gasteiger partial charge in [-0.15, -0.1) is 0 Å². The number of hydrogen-bond acceptors (Lipinski definition) is 8. The molecule has 0 aliphatic heterocycles. The van der Waals surface area contributed by atoms with Crippen LogP contribution in [0, 0.1) is 18.3 Å². The first-order valence-corrected chi connectivity index (χ1v) is 6.42. The number of hydrogen-bond donors (Lipinski definition) is 1. The molecule has 3 aromatic heterocycles. The van der Waals surface area contributed by atoms with Crippen LogP contribution in [0.4, 0.5) is 14.5 Å². The van der Waals surface area contributed by atoms with Crippen molar-refractivity contribution in [1.82, 2.24) is 25.3 Å². The Morgan fingerprint density at radius 1 is 1.35 bits per heavy atom. The molecule has 3 rings (SSSR count). The number of alkyl halides is 2. The maximum absolute atomic E-state index is 12.9. The van der Waals surface area contributed by atoms with Crippen molar-refractivity contribution in [3.8, 4) is 6.07 Å². The molecule has 0 unspecified atom stereocenters. The van der Waals surface area contributed by atoms with Crippen molar-refractivity contribution in [1.29, 1.82) is 5.26 Å². The lowest BCUT2D eigenvalue weighted by Gasteiger charge is -2.09. The van der Waals surface area contributed by atoms with Crippen LogP contribution in [-0.4, -0.2) is 25.3 Å². The molecule has 0 spiro atoms. The molecule has 0 radical (unpaired) electrons. The highest BCUT2D eigenvalue weighted by Crippen LogP contribution is 2.26. The van der Waals surface area contributed by atoms with E-state index in [2.05, 4.69) is 29.9 Å². The van der Waals surface area contributed by atoms with Crippen molar-refractivity contribution >= 4 is 16.9 Å². The van der Waals surface area contributed by atoms with E-state index in [0.717, 1.165) is 6.20 Å². The number of fused-ring (bicyclic) bond motifs is 1. The third kappa shape index (κ3) is 2.52. The van der Waals surface area contributed by atoms with Crippen LogP contribution in [0.25, 0.3) is 11.2 Å². The van der Waals surface area contributed by atoms with E-state index in [4.69, 9.17) is 11.0 Å². The number of rotatable bonds is 3. The lowest BCUT2D eigenvalue weighted by molar-refractivity contribution is 0.145. The van der Waals surface area contributed by atoms with Crippen LogP contribution in [0.3, 0.4) is 0 Å². The zero-order chi connectivity index (χ0) is 16.6. The number of aryl methyl sites for hydroxylation is 1. The van der Waals surface area contributed by atoms with Crippen LogP contribution in [0.1, 0.15) is 34.8 Å². The van der Waals surface area contributed by atoms with Crippen molar-refractivity contribution in [2.24, 2.45) is 0 Å². The molecule has 0 aromatic carbocycles. The normalized spacial score (nSPS) is 11.1. The number of nitriles is 1. The van der Waals surface area contributed by atoms with E-state index in [-0.39, 0.29) is 34.7 Å². The molecule has 23 heavy (non-hydrogen) atoms. The van der Waals surface area contributed by atoms with E-state index in [0.29, 0.717) is 11.3 Å². The fourth-order valence-electron chi connectivity index (χ4n) is 2.14. The molecule has 0 aliphatic rings. The zero-order valence-electron chi connectivity index (χ0n) is 11.8. The summed E-state index contributed by atoms with van der Waals surface area (Å²) in [5.74, 6) is 0.103. The number of aromatic nitrogens is 5. The smallest absolute Gasteiger partial charge is 0.281 e. The minimum Gasteiger partial charge on any atom is -0.396 e. The number of nitrogens with zero attached hydrogens (tertiary/aromatic N) is 6. The standard InChI is InChI=1S/C13H9F2N7O/c1-5-7(9(17)11-13(19-5)22-23-21-11)2-8-18-4-6(3-16)10(20-8)12(14)15/h4,12H,2,17H2,1H3. The molecule has 0 atom stereocenters. The van der Waals surface area contributed by atoms with Crippen LogP contribution >= 0.6 is 0 Å². The second kappa shape index (κ2) is 5.53. The van der Waals surface area contributed by atoms with Crippen molar-refractivity contribution in [3.05, 3.63) is 34.5 Å². The molecule has 3 aromatic rings. The van der Waals surface area contributed by atoms with Crippen LogP contribution in [0.2, 0.25) is 0 Å². The van der Waals surface area contributed by atoms with Crippen LogP contribution in [0.5, 0.6) is 0 Å². The highest BCUT2D eigenvalue weighted by Gasteiger charge is 2.19. The maximum Gasteiger partial charge on any atom is 0.281 e. The average Bonchev–Trinajstić information content (AvgIpc) is 2.99. The molecule has 2 N–H and O–H groups in total. The van der Waals surface area contributed by atoms with Gasteiger partial charge in [-0.05, 0) is 17.2 Å². The first-order chi connectivity index (χ1) is 11.0. The molecule has 116 valence electrons. The molecular weight excluding hydrogens is 308 g/mol. The topological polar surface area (TPSA) is 127 Å². The Bertz CT molecular complexity index is 932. The molecule has 0 bridgehead atoms. The van der Waals surface area contributed by atoms with Gasteiger partial charge in [0.1, 0.15) is 17.6 Å². The molecule has 0 fully saturated rings. The Morgan fingerprint density at radius 3 is 2.83 bits per heavy atom. The SMILES string of the molecule is Cc1nc2nonc2c(N)c1Cc1ncc(C#N)c(C(F)F)n1. The summed E-state index contributed by atoms with van der Waals surface area (Å²) in [7, 11) is 0. The van der Waals surface area contributed by atoms with Gasteiger partial charge in [-0.1, -0.05) is 0 Å². The zero-order valence-corrected chi connectivity index (χ0v) is 11.8. The number of nitrogen functional groups attached to an aromatic ring is 1. The highest BCUT2D eigenvalue weighted by molar-refractivity contribution is 5.85. The van der Waals surface area contributed by atoms with Crippen molar-refractivity contribution in [3.63, 3.8) is 0 Å². The third-order valence-corrected chi connectivity index (χ3v) is 3.29. The second-order valence-electron chi connectivity index (χ2n) is 4.70. The van der Waals surface area contributed by atoms with Gasteiger partial charge in [0, 0.05) is 23.9 Å². The van der Waals surface area contributed by atoms with Gasteiger partial charge in [0.15, 0.2) is 5.52 Å². The lowest BCUT2D eigenvalue weighted by atomic mass is 10.1. The molecule has 0 aliphatic carbocycles. The summed E-state index contributed by atoms with van der Waals surface area (Å²) < 4.78 is 30.5. The molecule has 3 heterocycles. The molecule has 10 heteroatoms. The average molecular weight is 317 g/mol. The summed E-state index contributed by atoms with van der Waals surface area (Å²) in [4.78, 5) is 11.9. The van der Waals surface area contributed by atoms with E-state index in [1.807, 2.05) is 0 Å². The molecule has 8 nitrogen and oxygen atoms in total. The third-order valence-electron chi connectivity index (χ3n) is 3.29. The van der Waals surface area contributed by atoms with Gasteiger partial charge in [-0.3, -0.25) is 0 Å². The van der Waals surface area contributed by atoms with Gasteiger partial charge in [-0.2, -0.15) is 5.26 Å². The van der Waals surface area contributed by atoms with Crippen molar-refractivity contribution in [2.45, 2.75) is 19.8 Å². The van der Waals surface area contributed by atoms with E-state index >= 15 is 0 Å². The summed E-state index contributed by atoms with van der Waals surface area (Å²) in [6, 6.07) is 1.64. The minimum absolute atomic E-state index is 0.0683. The number of anilines is 1. The summed E-state index contributed by atoms with van der Waals surface area (Å²) in [6.07, 6.45) is -1.73. The quantitative estimate of drug-likeness (QED) is 0.773. The Kier molecular flexibility index (Phi) is 3.53. The Labute approximate surface area is 127 Å². The predicted molar refractivity (Wildman–Crippen MR) is 73.3 cm³/mol. The fourth-order valence-corrected chi connectivity index (χ4v) is 2.14. The Morgan fingerprint density at radius 2 is 2.13 bits per heavy atom. The molecular formula is C13H9F2N7O. The number of halogens is 2. The van der Waals surface area contributed by atoms with E-state index < -0.39 is 12.1 Å². The Balaban J connectivity index is 2.06. The Hall–Kier alpha value is -3.22. The first kappa shape index (κ1) is 14.7. The van der Waals surface area contributed by atoms with Crippen LogP contribution in [-0.2, 0) is 6.42 Å². The number of pyridine rings is 1. The predicted octanol–water partition coefficient (Wildman–Crippen LogP) is 1.70. The van der Waals surface area contributed by atoms with Gasteiger partial charge >= 0.3 is 0 Å². The number of nitrogens with two attached hydrogens (primary N) is 1. The summed E-state index contributed by atoms with van der Waals surface area (Å²) in [5, 5.41) is 16.1. The lowest BCUT2D eigenvalue weighted by Crippen LogP contribution is -2.07. The summed E-state index contributed by atoms with van der Waals surface area (Å²) in [5.41, 5.74) is 7.04. The highest BCUT2D eigenvalue weighted by atomic mass is 19.3. The van der Waals surface area contributed by atoms with E-state index in [1.54, 1.807) is 13.0 Å². The molecule has 0 amide bonds. The molecule has 0 saturated carbocycles. The van der Waals surface area contributed by atoms with Crippen LogP contribution < -0.4 is 5.73 Å². The van der Waals surface area contributed by atoms with Gasteiger partial charge < -0.3 is 5.73 Å². The second-order valence-corrected chi connectivity index (χ2v) is 4.70. The fraction of sp³-hybridized carbons (Fsp3) is 0.231.